The first kappa shape index (κ1) is 10.9. The van der Waals surface area contributed by atoms with Gasteiger partial charge in [0.25, 0.3) is 0 Å². The number of hydrogen-bond acceptors (Lipinski definition) is 3. The highest BCUT2D eigenvalue weighted by atomic mass is 16.5. The molecule has 4 heteroatoms. The average molecular weight is 221 g/mol. The Kier molecular flexibility index (Phi) is 3.39. The maximum absolute atomic E-state index is 10.5. The number of rotatable bonds is 4. The molecule has 86 valence electrons. The molecule has 1 fully saturated rings. The first-order valence-corrected chi connectivity index (χ1v) is 5.57. The van der Waals surface area contributed by atoms with Crippen molar-refractivity contribution in [2.75, 3.05) is 0 Å². The lowest BCUT2D eigenvalue weighted by atomic mass is 10.2. The van der Waals surface area contributed by atoms with Gasteiger partial charge in [0.05, 0.1) is 18.2 Å². The summed E-state index contributed by atoms with van der Waals surface area (Å²) in [7, 11) is 0. The molecule has 1 N–H and O–H groups in total. The van der Waals surface area contributed by atoms with Crippen LogP contribution in [0.15, 0.2) is 18.3 Å². The smallest absolute Gasteiger partial charge is 0.309 e. The number of carbonyl (C=O) groups is 1. The molecule has 0 atom stereocenters. The van der Waals surface area contributed by atoms with E-state index in [2.05, 4.69) is 4.98 Å². The normalized spacial score (nSPS) is 16.2. The van der Waals surface area contributed by atoms with Crippen LogP contribution in [0.2, 0.25) is 0 Å². The highest BCUT2D eigenvalue weighted by Crippen LogP contribution is 2.24. The van der Waals surface area contributed by atoms with Crippen LogP contribution in [-0.2, 0) is 11.2 Å². The lowest BCUT2D eigenvalue weighted by Gasteiger charge is -2.13. The van der Waals surface area contributed by atoms with E-state index in [9.17, 15) is 4.79 Å². The van der Waals surface area contributed by atoms with Gasteiger partial charge in [-0.2, -0.15) is 0 Å². The van der Waals surface area contributed by atoms with Crippen molar-refractivity contribution >= 4 is 5.97 Å². The Morgan fingerprint density at radius 2 is 2.25 bits per heavy atom. The number of hydrogen-bond donors (Lipinski definition) is 1. The summed E-state index contributed by atoms with van der Waals surface area (Å²) in [5, 5.41) is 8.66. The van der Waals surface area contributed by atoms with E-state index in [4.69, 9.17) is 9.84 Å². The zero-order valence-corrected chi connectivity index (χ0v) is 9.06. The third-order valence-electron chi connectivity index (χ3n) is 2.73. The zero-order valence-electron chi connectivity index (χ0n) is 9.06. The number of pyridine rings is 1. The Morgan fingerprint density at radius 1 is 1.50 bits per heavy atom. The van der Waals surface area contributed by atoms with Crippen molar-refractivity contribution in [3.8, 4) is 5.75 Å². The monoisotopic (exact) mass is 221 g/mol. The minimum atomic E-state index is -0.870. The van der Waals surface area contributed by atoms with Crippen molar-refractivity contribution in [1.82, 2.24) is 4.98 Å². The first-order valence-electron chi connectivity index (χ1n) is 5.57. The fourth-order valence-corrected chi connectivity index (χ4v) is 1.98. The van der Waals surface area contributed by atoms with Gasteiger partial charge in [0.1, 0.15) is 5.75 Å². The molecule has 1 heterocycles. The molecule has 4 nitrogen and oxygen atoms in total. The van der Waals surface area contributed by atoms with Crippen LogP contribution in [0, 0.1) is 0 Å². The van der Waals surface area contributed by atoms with Crippen LogP contribution in [0.25, 0.3) is 0 Å². The maximum Gasteiger partial charge on any atom is 0.309 e. The summed E-state index contributed by atoms with van der Waals surface area (Å²) >= 11 is 0. The van der Waals surface area contributed by atoms with Gasteiger partial charge in [-0.05, 0) is 31.7 Å². The van der Waals surface area contributed by atoms with Crippen LogP contribution in [0.3, 0.4) is 0 Å². The Hall–Kier alpha value is -1.58. The summed E-state index contributed by atoms with van der Waals surface area (Å²) in [6, 6.07) is 3.50. The number of aliphatic carboxylic acids is 1. The quantitative estimate of drug-likeness (QED) is 0.845. The minimum absolute atomic E-state index is 0.0537. The van der Waals surface area contributed by atoms with Gasteiger partial charge in [-0.15, -0.1) is 0 Å². The second-order valence-electron chi connectivity index (χ2n) is 4.08. The van der Waals surface area contributed by atoms with Gasteiger partial charge in [0.15, 0.2) is 0 Å². The minimum Gasteiger partial charge on any atom is -0.490 e. The predicted molar refractivity (Wildman–Crippen MR) is 58.5 cm³/mol. The number of ether oxygens (including phenoxy) is 1. The second-order valence-corrected chi connectivity index (χ2v) is 4.08. The highest BCUT2D eigenvalue weighted by Gasteiger charge is 2.16. The van der Waals surface area contributed by atoms with Crippen molar-refractivity contribution < 1.29 is 14.6 Å². The summed E-state index contributed by atoms with van der Waals surface area (Å²) in [5.41, 5.74) is 0.544. The third kappa shape index (κ3) is 2.95. The zero-order chi connectivity index (χ0) is 11.4. The Bertz CT molecular complexity index is 372. The number of carboxylic acids is 1. The average Bonchev–Trinajstić information content (AvgIpc) is 2.70. The first-order chi connectivity index (χ1) is 7.74. The van der Waals surface area contributed by atoms with Crippen molar-refractivity contribution in [2.24, 2.45) is 0 Å². The van der Waals surface area contributed by atoms with Gasteiger partial charge in [-0.3, -0.25) is 9.78 Å². The Morgan fingerprint density at radius 3 is 2.94 bits per heavy atom. The van der Waals surface area contributed by atoms with Gasteiger partial charge < -0.3 is 9.84 Å². The van der Waals surface area contributed by atoms with Crippen LogP contribution < -0.4 is 4.74 Å². The SMILES string of the molecule is O=C(O)Cc1cc(OC2CCCC2)ccn1. The molecule has 1 aromatic rings. The van der Waals surface area contributed by atoms with E-state index in [0.717, 1.165) is 18.6 Å². The van der Waals surface area contributed by atoms with E-state index < -0.39 is 5.97 Å². The van der Waals surface area contributed by atoms with Gasteiger partial charge in [0.2, 0.25) is 0 Å². The van der Waals surface area contributed by atoms with E-state index in [1.54, 1.807) is 18.3 Å². The molecule has 0 radical (unpaired) electrons. The molecular weight excluding hydrogens is 206 g/mol. The topological polar surface area (TPSA) is 59.4 Å². The van der Waals surface area contributed by atoms with Crippen LogP contribution in [0.5, 0.6) is 5.75 Å². The summed E-state index contributed by atoms with van der Waals surface area (Å²) in [6.07, 6.45) is 6.47. The van der Waals surface area contributed by atoms with Gasteiger partial charge in [-0.1, -0.05) is 0 Å². The van der Waals surface area contributed by atoms with Crippen LogP contribution in [0.1, 0.15) is 31.4 Å². The van der Waals surface area contributed by atoms with Gasteiger partial charge in [0, 0.05) is 12.3 Å². The Labute approximate surface area is 94.3 Å². The van der Waals surface area contributed by atoms with Crippen molar-refractivity contribution in [2.45, 2.75) is 38.2 Å². The largest absolute Gasteiger partial charge is 0.490 e. The van der Waals surface area contributed by atoms with Gasteiger partial charge in [-0.25, -0.2) is 0 Å². The molecule has 16 heavy (non-hydrogen) atoms. The molecule has 0 spiro atoms. The van der Waals surface area contributed by atoms with E-state index in [-0.39, 0.29) is 6.42 Å². The lowest BCUT2D eigenvalue weighted by Crippen LogP contribution is -2.11. The van der Waals surface area contributed by atoms with Crippen LogP contribution in [0.4, 0.5) is 0 Å². The standard InChI is InChI=1S/C12H15NO3/c14-12(15)8-9-7-11(5-6-13-9)16-10-3-1-2-4-10/h5-7,10H,1-4,8H2,(H,14,15). The van der Waals surface area contributed by atoms with E-state index in [0.29, 0.717) is 11.8 Å². The fraction of sp³-hybridized carbons (Fsp3) is 0.500. The molecular formula is C12H15NO3. The molecule has 1 aliphatic carbocycles. The van der Waals surface area contributed by atoms with E-state index >= 15 is 0 Å². The summed E-state index contributed by atoms with van der Waals surface area (Å²) in [5.74, 6) is -0.135. The molecule has 0 unspecified atom stereocenters. The lowest BCUT2D eigenvalue weighted by molar-refractivity contribution is -0.136. The molecule has 0 aromatic carbocycles. The molecule has 1 saturated carbocycles. The highest BCUT2D eigenvalue weighted by molar-refractivity contribution is 5.69. The Balaban J connectivity index is 2.00. The van der Waals surface area contributed by atoms with Crippen molar-refractivity contribution in [3.05, 3.63) is 24.0 Å². The summed E-state index contributed by atoms with van der Waals surface area (Å²) < 4.78 is 5.76. The summed E-state index contributed by atoms with van der Waals surface area (Å²) in [6.45, 7) is 0. The molecule has 1 aliphatic rings. The molecule has 0 amide bonds. The van der Waals surface area contributed by atoms with Crippen LogP contribution >= 0.6 is 0 Å². The molecule has 0 aliphatic heterocycles. The third-order valence-corrected chi connectivity index (χ3v) is 2.73. The predicted octanol–water partition coefficient (Wildman–Crippen LogP) is 2.03. The number of carboxylic acid groups (broad SMARTS) is 1. The second kappa shape index (κ2) is 4.96. The number of aromatic nitrogens is 1. The molecule has 2 rings (SSSR count). The van der Waals surface area contributed by atoms with Gasteiger partial charge >= 0.3 is 5.97 Å². The van der Waals surface area contributed by atoms with E-state index in [1.807, 2.05) is 0 Å². The number of nitrogens with zero attached hydrogens (tertiary/aromatic N) is 1. The maximum atomic E-state index is 10.5. The molecule has 1 aromatic heterocycles. The van der Waals surface area contributed by atoms with Crippen molar-refractivity contribution in [3.63, 3.8) is 0 Å². The van der Waals surface area contributed by atoms with Crippen molar-refractivity contribution in [1.29, 1.82) is 0 Å². The van der Waals surface area contributed by atoms with Crippen LogP contribution in [-0.4, -0.2) is 22.2 Å². The van der Waals surface area contributed by atoms with E-state index in [1.165, 1.54) is 12.8 Å². The summed E-state index contributed by atoms with van der Waals surface area (Å²) in [4.78, 5) is 14.5. The molecule has 0 saturated heterocycles. The fourth-order valence-electron chi connectivity index (χ4n) is 1.98. The molecule has 0 bridgehead atoms.